The number of benzene rings is 1. The average molecular weight is 278 g/mol. The lowest BCUT2D eigenvalue weighted by Crippen LogP contribution is -2.05. The predicted molar refractivity (Wildman–Crippen MR) is 75.8 cm³/mol. The maximum atomic E-state index is 11.5. The summed E-state index contributed by atoms with van der Waals surface area (Å²) in [6.07, 6.45) is 1.50. The van der Waals surface area contributed by atoms with Crippen molar-refractivity contribution in [3.63, 3.8) is 0 Å². The Morgan fingerprint density at radius 2 is 2.05 bits per heavy atom. The first-order chi connectivity index (χ1) is 10.1. The number of carbonyl (C=O) groups is 1. The van der Waals surface area contributed by atoms with Crippen LogP contribution in [0.4, 0.5) is 5.82 Å². The molecule has 0 bridgehead atoms. The topological polar surface area (TPSA) is 110 Å². The fourth-order valence-electron chi connectivity index (χ4n) is 2.01. The van der Waals surface area contributed by atoms with Gasteiger partial charge in [-0.3, -0.25) is 9.78 Å². The van der Waals surface area contributed by atoms with Crippen molar-refractivity contribution in [3.05, 3.63) is 41.7 Å². The number of para-hydroxylation sites is 2. The highest BCUT2D eigenvalue weighted by Crippen LogP contribution is 2.20. The second kappa shape index (κ2) is 4.68. The minimum absolute atomic E-state index is 0.0324. The van der Waals surface area contributed by atoms with E-state index in [4.69, 9.17) is 11.0 Å². The molecule has 0 spiro atoms. The number of Topliss-reactive ketones (excluding diaryl/α,β-unsaturated/α-hetero) is 1. The number of nitriles is 1. The quantitative estimate of drug-likeness (QED) is 0.710. The number of nitrogen functional groups attached to an aromatic ring is 1. The normalized spacial score (nSPS) is 10.5. The maximum Gasteiger partial charge on any atom is 0.181 e. The second-order valence-corrected chi connectivity index (χ2v) is 4.41. The van der Waals surface area contributed by atoms with E-state index in [1.165, 1.54) is 17.8 Å². The molecule has 3 aromatic rings. The van der Waals surface area contributed by atoms with Crippen LogP contribution in [0.2, 0.25) is 0 Å². The van der Waals surface area contributed by atoms with Crippen molar-refractivity contribution in [2.75, 3.05) is 5.73 Å². The van der Waals surface area contributed by atoms with Crippen LogP contribution in [0, 0.1) is 11.3 Å². The molecule has 2 heterocycles. The molecule has 0 fully saturated rings. The number of aromatic nitrogens is 4. The van der Waals surface area contributed by atoms with Gasteiger partial charge in [-0.15, -0.1) is 0 Å². The number of ketones is 1. The van der Waals surface area contributed by atoms with Gasteiger partial charge in [0.25, 0.3) is 0 Å². The van der Waals surface area contributed by atoms with Crippen LogP contribution in [-0.2, 0) is 0 Å². The molecule has 3 rings (SSSR count). The first-order valence-electron chi connectivity index (χ1n) is 6.13. The summed E-state index contributed by atoms with van der Waals surface area (Å²) in [5.41, 5.74) is 7.38. The molecule has 1 aromatic carbocycles. The van der Waals surface area contributed by atoms with Gasteiger partial charge in [0.05, 0.1) is 17.2 Å². The molecule has 0 unspecified atom stereocenters. The summed E-state index contributed by atoms with van der Waals surface area (Å²) in [7, 11) is 0. The van der Waals surface area contributed by atoms with Crippen molar-refractivity contribution in [2.24, 2.45) is 0 Å². The Hall–Kier alpha value is -3.27. The molecule has 2 N–H and O–H groups in total. The monoisotopic (exact) mass is 278 g/mol. The maximum absolute atomic E-state index is 11.5. The first-order valence-corrected chi connectivity index (χ1v) is 6.13. The molecule has 21 heavy (non-hydrogen) atoms. The van der Waals surface area contributed by atoms with Crippen molar-refractivity contribution in [2.45, 2.75) is 6.92 Å². The molecule has 0 saturated heterocycles. The van der Waals surface area contributed by atoms with Gasteiger partial charge < -0.3 is 5.73 Å². The summed E-state index contributed by atoms with van der Waals surface area (Å²) in [5.74, 6) is 0.105. The molecule has 102 valence electrons. The van der Waals surface area contributed by atoms with E-state index in [-0.39, 0.29) is 22.9 Å². The van der Waals surface area contributed by atoms with Gasteiger partial charge in [0.1, 0.15) is 23.1 Å². The summed E-state index contributed by atoms with van der Waals surface area (Å²) in [4.78, 5) is 20.2. The van der Waals surface area contributed by atoms with Crippen LogP contribution in [0.25, 0.3) is 16.9 Å². The zero-order valence-corrected chi connectivity index (χ0v) is 11.1. The van der Waals surface area contributed by atoms with E-state index >= 15 is 0 Å². The minimum Gasteiger partial charge on any atom is -0.382 e. The smallest absolute Gasteiger partial charge is 0.181 e. The van der Waals surface area contributed by atoms with E-state index in [1.807, 2.05) is 30.3 Å². The summed E-state index contributed by atoms with van der Waals surface area (Å²) < 4.78 is 1.26. The number of nitrogens with two attached hydrogens (primary N) is 1. The molecular weight excluding hydrogens is 268 g/mol. The van der Waals surface area contributed by atoms with E-state index in [9.17, 15) is 4.79 Å². The average Bonchev–Trinajstić information content (AvgIpc) is 2.83. The van der Waals surface area contributed by atoms with Gasteiger partial charge in [-0.1, -0.05) is 12.1 Å². The number of carbonyl (C=O) groups excluding carboxylic acids is 1. The highest BCUT2D eigenvalue weighted by molar-refractivity contribution is 5.96. The lowest BCUT2D eigenvalue weighted by atomic mass is 10.2. The Labute approximate surface area is 119 Å². The van der Waals surface area contributed by atoms with Gasteiger partial charge in [-0.05, 0) is 12.1 Å². The summed E-state index contributed by atoms with van der Waals surface area (Å²) in [6, 6.07) is 9.24. The Kier molecular flexibility index (Phi) is 2.84. The fraction of sp³-hybridized carbons (Fsp3) is 0.0714. The van der Waals surface area contributed by atoms with Crippen molar-refractivity contribution in [1.82, 2.24) is 19.7 Å². The van der Waals surface area contributed by atoms with Crippen LogP contribution in [0.15, 0.2) is 30.5 Å². The number of nitrogens with zero attached hydrogens (tertiary/aromatic N) is 5. The van der Waals surface area contributed by atoms with E-state index in [0.717, 1.165) is 5.52 Å². The zero-order valence-electron chi connectivity index (χ0n) is 11.1. The van der Waals surface area contributed by atoms with Crippen LogP contribution in [0.1, 0.15) is 23.0 Å². The van der Waals surface area contributed by atoms with Crippen molar-refractivity contribution in [1.29, 1.82) is 5.26 Å². The molecule has 0 atom stereocenters. The number of hydrogen-bond donors (Lipinski definition) is 1. The minimum atomic E-state index is -0.328. The lowest BCUT2D eigenvalue weighted by molar-refractivity contribution is 0.101. The van der Waals surface area contributed by atoms with Crippen LogP contribution in [0.5, 0.6) is 0 Å². The molecule has 7 heteroatoms. The van der Waals surface area contributed by atoms with Crippen molar-refractivity contribution >= 4 is 22.6 Å². The Morgan fingerprint density at radius 1 is 1.33 bits per heavy atom. The molecule has 0 aliphatic rings. The van der Waals surface area contributed by atoms with Gasteiger partial charge in [-0.25, -0.2) is 4.98 Å². The Balaban J connectivity index is 2.23. The molecule has 2 aromatic heterocycles. The molecule has 0 radical (unpaired) electrons. The highest BCUT2D eigenvalue weighted by Gasteiger charge is 2.20. The Bertz CT molecular complexity index is 905. The lowest BCUT2D eigenvalue weighted by Gasteiger charge is -2.03. The third-order valence-corrected chi connectivity index (χ3v) is 3.02. The number of hydrogen-bond acceptors (Lipinski definition) is 6. The molecular formula is C14H10N6O. The first kappa shape index (κ1) is 12.7. The summed E-state index contributed by atoms with van der Waals surface area (Å²) >= 11 is 0. The van der Waals surface area contributed by atoms with Crippen molar-refractivity contribution in [3.8, 4) is 11.9 Å². The van der Waals surface area contributed by atoms with Crippen molar-refractivity contribution < 1.29 is 4.79 Å². The molecule has 0 aliphatic heterocycles. The van der Waals surface area contributed by atoms with Gasteiger partial charge >= 0.3 is 0 Å². The predicted octanol–water partition coefficient (Wildman–Crippen LogP) is 1.47. The van der Waals surface area contributed by atoms with Crippen LogP contribution < -0.4 is 5.73 Å². The Morgan fingerprint density at radius 3 is 2.67 bits per heavy atom. The number of fused-ring (bicyclic) bond motifs is 1. The fourth-order valence-corrected chi connectivity index (χ4v) is 2.01. The zero-order chi connectivity index (χ0) is 15.0. The summed E-state index contributed by atoms with van der Waals surface area (Å²) in [6.45, 7) is 1.33. The van der Waals surface area contributed by atoms with E-state index < -0.39 is 0 Å². The third kappa shape index (κ3) is 1.99. The second-order valence-electron chi connectivity index (χ2n) is 4.41. The standard InChI is InChI=1S/C14H10N6O/c1-8(21)13-9(6-15)14(16)20(19-13)12-7-17-10-4-2-3-5-11(10)18-12/h2-5,7H,16H2,1H3. The largest absolute Gasteiger partial charge is 0.382 e. The van der Waals surface area contributed by atoms with Gasteiger partial charge in [0.15, 0.2) is 11.6 Å². The van der Waals surface area contributed by atoms with E-state index in [1.54, 1.807) is 0 Å². The van der Waals surface area contributed by atoms with Crippen LogP contribution in [0.3, 0.4) is 0 Å². The van der Waals surface area contributed by atoms with Gasteiger partial charge in [-0.2, -0.15) is 15.0 Å². The molecule has 0 saturated carbocycles. The van der Waals surface area contributed by atoms with E-state index in [2.05, 4.69) is 15.1 Å². The van der Waals surface area contributed by atoms with Gasteiger partial charge in [0, 0.05) is 6.92 Å². The van der Waals surface area contributed by atoms with Gasteiger partial charge in [0.2, 0.25) is 0 Å². The SMILES string of the molecule is CC(=O)c1nn(-c2cnc3ccccc3n2)c(N)c1C#N. The summed E-state index contributed by atoms with van der Waals surface area (Å²) in [5, 5.41) is 13.2. The number of rotatable bonds is 2. The third-order valence-electron chi connectivity index (χ3n) is 3.02. The highest BCUT2D eigenvalue weighted by atomic mass is 16.1. The van der Waals surface area contributed by atoms with Crippen LogP contribution in [-0.4, -0.2) is 25.5 Å². The molecule has 0 amide bonds. The van der Waals surface area contributed by atoms with Crippen LogP contribution >= 0.6 is 0 Å². The number of anilines is 1. The molecule has 0 aliphatic carbocycles. The van der Waals surface area contributed by atoms with E-state index in [0.29, 0.717) is 11.3 Å². The molecule has 7 nitrogen and oxygen atoms in total.